The van der Waals surface area contributed by atoms with Gasteiger partial charge in [0.1, 0.15) is 0 Å². The monoisotopic (exact) mass is 286 g/mol. The number of anilines is 1. The maximum absolute atomic E-state index is 6.05. The summed E-state index contributed by atoms with van der Waals surface area (Å²) < 4.78 is 1.93. The number of unbranched alkanes of at least 4 members (excludes halogenated alkanes) is 1. The number of hydrogen-bond donors (Lipinski definition) is 1. The summed E-state index contributed by atoms with van der Waals surface area (Å²) in [5.41, 5.74) is 9.60. The molecule has 2 heterocycles. The molecule has 21 heavy (non-hydrogen) atoms. The third-order valence-corrected chi connectivity index (χ3v) is 4.08. The van der Waals surface area contributed by atoms with Gasteiger partial charge in [-0.1, -0.05) is 25.5 Å². The van der Waals surface area contributed by atoms with E-state index in [2.05, 4.69) is 33.4 Å². The Hall–Kier alpha value is -1.95. The highest BCUT2D eigenvalue weighted by Gasteiger charge is 2.19. The molecule has 1 aromatic carbocycles. The second-order valence-electron chi connectivity index (χ2n) is 5.62. The maximum atomic E-state index is 6.05. The van der Waals surface area contributed by atoms with Crippen molar-refractivity contribution in [3.05, 3.63) is 35.2 Å². The van der Waals surface area contributed by atoms with Gasteiger partial charge in [0.15, 0.2) is 5.82 Å². The van der Waals surface area contributed by atoms with Crippen molar-refractivity contribution in [3.8, 4) is 0 Å². The first kappa shape index (κ1) is 14.0. The average Bonchev–Trinajstić information content (AvgIpc) is 2.92. The van der Waals surface area contributed by atoms with Crippen LogP contribution in [0.5, 0.6) is 0 Å². The standard InChI is InChI=1S/C15H22N6/c1-2-3-8-21-15(17-18-19-21)11-20-9-7-13-12(10-20)5-4-6-14(13)16/h4-6H,2-3,7-11,16H2,1H3. The molecule has 0 fully saturated rings. The molecule has 6 heteroatoms. The fraction of sp³-hybridized carbons (Fsp3) is 0.533. The summed E-state index contributed by atoms with van der Waals surface area (Å²) in [6, 6.07) is 6.18. The number of rotatable bonds is 5. The topological polar surface area (TPSA) is 72.9 Å². The molecule has 0 saturated heterocycles. The Balaban J connectivity index is 1.69. The maximum Gasteiger partial charge on any atom is 0.165 e. The Morgan fingerprint density at radius 3 is 3.10 bits per heavy atom. The van der Waals surface area contributed by atoms with Crippen molar-refractivity contribution in [2.24, 2.45) is 0 Å². The summed E-state index contributed by atoms with van der Waals surface area (Å²) in [7, 11) is 0. The molecule has 2 aromatic rings. The number of benzene rings is 1. The molecule has 2 N–H and O–H groups in total. The highest BCUT2D eigenvalue weighted by atomic mass is 15.5. The van der Waals surface area contributed by atoms with Gasteiger partial charge in [0.05, 0.1) is 6.54 Å². The van der Waals surface area contributed by atoms with Gasteiger partial charge in [-0.3, -0.25) is 4.90 Å². The van der Waals surface area contributed by atoms with Gasteiger partial charge >= 0.3 is 0 Å². The smallest absolute Gasteiger partial charge is 0.165 e. The van der Waals surface area contributed by atoms with Gasteiger partial charge in [-0.15, -0.1) is 5.10 Å². The summed E-state index contributed by atoms with van der Waals surface area (Å²) in [6.07, 6.45) is 3.26. The van der Waals surface area contributed by atoms with Gasteiger partial charge in [-0.05, 0) is 40.5 Å². The van der Waals surface area contributed by atoms with Crippen LogP contribution >= 0.6 is 0 Å². The fourth-order valence-corrected chi connectivity index (χ4v) is 2.85. The molecule has 112 valence electrons. The fourth-order valence-electron chi connectivity index (χ4n) is 2.85. The molecule has 0 atom stereocenters. The van der Waals surface area contributed by atoms with Crippen LogP contribution in [0.2, 0.25) is 0 Å². The third-order valence-electron chi connectivity index (χ3n) is 4.08. The number of aryl methyl sites for hydroxylation is 1. The summed E-state index contributed by atoms with van der Waals surface area (Å²) in [4.78, 5) is 2.38. The van der Waals surface area contributed by atoms with E-state index in [0.717, 1.165) is 57.0 Å². The second-order valence-corrected chi connectivity index (χ2v) is 5.62. The van der Waals surface area contributed by atoms with Gasteiger partial charge in [0.2, 0.25) is 0 Å². The van der Waals surface area contributed by atoms with Crippen molar-refractivity contribution in [1.29, 1.82) is 0 Å². The zero-order chi connectivity index (χ0) is 14.7. The number of hydrogen-bond acceptors (Lipinski definition) is 5. The van der Waals surface area contributed by atoms with Crippen LogP contribution in [0.1, 0.15) is 36.7 Å². The predicted octanol–water partition coefficient (Wildman–Crippen LogP) is 1.61. The lowest BCUT2D eigenvalue weighted by atomic mass is 9.98. The van der Waals surface area contributed by atoms with E-state index >= 15 is 0 Å². The van der Waals surface area contributed by atoms with Gasteiger partial charge < -0.3 is 5.73 Å². The van der Waals surface area contributed by atoms with Crippen molar-refractivity contribution in [1.82, 2.24) is 25.1 Å². The summed E-state index contributed by atoms with van der Waals surface area (Å²) >= 11 is 0. The lowest BCUT2D eigenvalue weighted by molar-refractivity contribution is 0.234. The first-order valence-corrected chi connectivity index (χ1v) is 7.61. The zero-order valence-corrected chi connectivity index (χ0v) is 12.5. The van der Waals surface area contributed by atoms with E-state index in [-0.39, 0.29) is 0 Å². The third kappa shape index (κ3) is 3.05. The molecule has 1 aromatic heterocycles. The van der Waals surface area contributed by atoms with Crippen molar-refractivity contribution in [2.45, 2.75) is 45.8 Å². The second kappa shape index (κ2) is 6.22. The van der Waals surface area contributed by atoms with Crippen molar-refractivity contribution in [2.75, 3.05) is 12.3 Å². The number of nitrogen functional groups attached to an aromatic ring is 1. The van der Waals surface area contributed by atoms with E-state index in [1.54, 1.807) is 0 Å². The minimum atomic E-state index is 0.797. The minimum absolute atomic E-state index is 0.797. The molecule has 0 saturated carbocycles. The molecule has 0 radical (unpaired) electrons. The Kier molecular flexibility index (Phi) is 4.15. The highest BCUT2D eigenvalue weighted by Crippen LogP contribution is 2.24. The Bertz CT molecular complexity index is 606. The predicted molar refractivity (Wildman–Crippen MR) is 81.4 cm³/mol. The first-order valence-electron chi connectivity index (χ1n) is 7.61. The molecule has 0 aliphatic carbocycles. The molecular weight excluding hydrogens is 264 g/mol. The van der Waals surface area contributed by atoms with Gasteiger partial charge in [-0.2, -0.15) is 0 Å². The van der Waals surface area contributed by atoms with E-state index in [4.69, 9.17) is 5.73 Å². The molecular formula is C15H22N6. The SMILES string of the molecule is CCCCn1nnnc1CN1CCc2c(N)cccc2C1. The van der Waals surface area contributed by atoms with E-state index in [1.165, 1.54) is 11.1 Å². The van der Waals surface area contributed by atoms with E-state index < -0.39 is 0 Å². The molecule has 0 bridgehead atoms. The number of tetrazole rings is 1. The molecule has 0 unspecified atom stereocenters. The number of nitrogens with two attached hydrogens (primary N) is 1. The van der Waals surface area contributed by atoms with Crippen LogP contribution in [-0.4, -0.2) is 31.7 Å². The Morgan fingerprint density at radius 2 is 2.24 bits per heavy atom. The van der Waals surface area contributed by atoms with Crippen molar-refractivity contribution in [3.63, 3.8) is 0 Å². The molecule has 0 amide bonds. The average molecular weight is 286 g/mol. The van der Waals surface area contributed by atoms with Gasteiger partial charge in [0.25, 0.3) is 0 Å². The zero-order valence-electron chi connectivity index (χ0n) is 12.5. The van der Waals surface area contributed by atoms with Crippen LogP contribution in [0.25, 0.3) is 0 Å². The Morgan fingerprint density at radius 1 is 1.33 bits per heavy atom. The number of fused-ring (bicyclic) bond motifs is 1. The minimum Gasteiger partial charge on any atom is -0.398 e. The normalized spacial score (nSPS) is 15.1. The highest BCUT2D eigenvalue weighted by molar-refractivity contribution is 5.51. The van der Waals surface area contributed by atoms with E-state index in [1.807, 2.05) is 16.8 Å². The lowest BCUT2D eigenvalue weighted by Gasteiger charge is -2.28. The quantitative estimate of drug-likeness (QED) is 0.845. The van der Waals surface area contributed by atoms with Crippen LogP contribution in [0, 0.1) is 0 Å². The van der Waals surface area contributed by atoms with Crippen LogP contribution < -0.4 is 5.73 Å². The van der Waals surface area contributed by atoms with Gasteiger partial charge in [-0.25, -0.2) is 4.68 Å². The summed E-state index contributed by atoms with van der Waals surface area (Å²) in [5, 5.41) is 12.1. The van der Waals surface area contributed by atoms with E-state index in [9.17, 15) is 0 Å². The lowest BCUT2D eigenvalue weighted by Crippen LogP contribution is -2.31. The number of nitrogens with zero attached hydrogens (tertiary/aromatic N) is 5. The summed E-state index contributed by atoms with van der Waals surface area (Å²) in [6.45, 7) is 5.79. The Labute approximate surface area is 124 Å². The largest absolute Gasteiger partial charge is 0.398 e. The van der Waals surface area contributed by atoms with Crippen LogP contribution in [0.4, 0.5) is 5.69 Å². The van der Waals surface area contributed by atoms with Crippen LogP contribution in [0.3, 0.4) is 0 Å². The van der Waals surface area contributed by atoms with E-state index in [0.29, 0.717) is 0 Å². The molecule has 0 spiro atoms. The van der Waals surface area contributed by atoms with Crippen LogP contribution in [-0.2, 0) is 26.1 Å². The molecule has 1 aliphatic rings. The van der Waals surface area contributed by atoms with Crippen molar-refractivity contribution >= 4 is 5.69 Å². The molecule has 3 rings (SSSR count). The number of aromatic nitrogens is 4. The first-order chi connectivity index (χ1) is 10.3. The molecule has 1 aliphatic heterocycles. The van der Waals surface area contributed by atoms with Gasteiger partial charge in [0, 0.05) is 25.3 Å². The summed E-state index contributed by atoms with van der Waals surface area (Å²) in [5.74, 6) is 0.954. The van der Waals surface area contributed by atoms with Crippen molar-refractivity contribution < 1.29 is 0 Å². The molecule has 6 nitrogen and oxygen atoms in total. The van der Waals surface area contributed by atoms with Crippen LogP contribution in [0.15, 0.2) is 18.2 Å².